The maximum absolute atomic E-state index is 10.2. The molecule has 0 bridgehead atoms. The number of ether oxygens (including phenoxy) is 2. The van der Waals surface area contributed by atoms with Gasteiger partial charge in [0, 0.05) is 40.0 Å². The average Bonchev–Trinajstić information content (AvgIpc) is 2.47. The van der Waals surface area contributed by atoms with E-state index < -0.39 is 6.10 Å². The van der Waals surface area contributed by atoms with Crippen molar-refractivity contribution >= 4 is 0 Å². The first kappa shape index (κ1) is 20.1. The Morgan fingerprint density at radius 3 is 2.65 bits per heavy atom. The summed E-state index contributed by atoms with van der Waals surface area (Å²) in [5.74, 6) is 0.493. The van der Waals surface area contributed by atoms with Gasteiger partial charge in [0.25, 0.3) is 0 Å². The second kappa shape index (κ2) is 11.6. The molecule has 0 fully saturated rings. The monoisotopic (exact) mass is 323 g/mol. The van der Waals surface area contributed by atoms with Crippen molar-refractivity contribution in [1.29, 1.82) is 0 Å². The van der Waals surface area contributed by atoms with E-state index in [1.807, 2.05) is 0 Å². The lowest BCUT2D eigenvalue weighted by Crippen LogP contribution is -2.35. The normalized spacial score (nSPS) is 13.0. The first-order chi connectivity index (χ1) is 11.0. The van der Waals surface area contributed by atoms with Gasteiger partial charge in [-0.05, 0) is 24.8 Å². The molecule has 0 radical (unpaired) electrons. The van der Waals surface area contributed by atoms with E-state index in [1.54, 1.807) is 7.11 Å². The van der Waals surface area contributed by atoms with Crippen molar-refractivity contribution in [2.75, 3.05) is 40.0 Å². The molecule has 1 atom stereocenters. The zero-order valence-corrected chi connectivity index (χ0v) is 15.1. The van der Waals surface area contributed by atoms with Gasteiger partial charge in [0.2, 0.25) is 0 Å². The fourth-order valence-electron chi connectivity index (χ4n) is 2.53. The van der Waals surface area contributed by atoms with E-state index in [2.05, 4.69) is 49.9 Å². The summed E-state index contributed by atoms with van der Waals surface area (Å²) in [4.78, 5) is 2.27. The van der Waals surface area contributed by atoms with Crippen molar-refractivity contribution in [1.82, 2.24) is 4.90 Å². The summed E-state index contributed by atoms with van der Waals surface area (Å²) >= 11 is 0. The van der Waals surface area contributed by atoms with Gasteiger partial charge in [0.15, 0.2) is 0 Å². The number of methoxy groups -OCH3 is 1. The Balaban J connectivity index is 2.50. The zero-order valence-electron chi connectivity index (χ0n) is 15.1. The van der Waals surface area contributed by atoms with Crippen LogP contribution in [0.4, 0.5) is 0 Å². The predicted octanol–water partition coefficient (Wildman–Crippen LogP) is 2.87. The van der Waals surface area contributed by atoms with Gasteiger partial charge in [-0.3, -0.25) is 4.90 Å². The van der Waals surface area contributed by atoms with E-state index in [0.29, 0.717) is 25.7 Å². The minimum absolute atomic E-state index is 0.396. The maximum Gasteiger partial charge on any atom is 0.0900 e. The van der Waals surface area contributed by atoms with E-state index in [1.165, 1.54) is 11.1 Å². The molecule has 0 aromatic heterocycles. The summed E-state index contributed by atoms with van der Waals surface area (Å²) < 4.78 is 10.7. The lowest BCUT2D eigenvalue weighted by atomic mass is 10.1. The highest BCUT2D eigenvalue weighted by Crippen LogP contribution is 2.09. The summed E-state index contributed by atoms with van der Waals surface area (Å²) in [6.45, 7) is 10.5. The fraction of sp³-hybridized carbons (Fsp3) is 0.684. The highest BCUT2D eigenvalue weighted by molar-refractivity contribution is 5.22. The number of hydrogen-bond donors (Lipinski definition) is 1. The number of rotatable bonds is 12. The molecule has 0 amide bonds. The number of aliphatic hydroxyl groups excluding tert-OH is 1. The fourth-order valence-corrected chi connectivity index (χ4v) is 2.53. The van der Waals surface area contributed by atoms with Crippen LogP contribution in [-0.4, -0.2) is 56.1 Å². The first-order valence-corrected chi connectivity index (χ1v) is 8.54. The quantitative estimate of drug-likeness (QED) is 0.601. The number of benzene rings is 1. The molecule has 0 unspecified atom stereocenters. The third kappa shape index (κ3) is 9.72. The highest BCUT2D eigenvalue weighted by atomic mass is 16.5. The summed E-state index contributed by atoms with van der Waals surface area (Å²) in [6.07, 6.45) is 0.503. The molecule has 0 saturated heterocycles. The van der Waals surface area contributed by atoms with Crippen LogP contribution >= 0.6 is 0 Å². The van der Waals surface area contributed by atoms with E-state index in [9.17, 15) is 5.11 Å². The van der Waals surface area contributed by atoms with Gasteiger partial charge in [-0.15, -0.1) is 0 Å². The molecular formula is C19H33NO3. The standard InChI is InChI=1S/C19H33NO3/c1-16(2)14-23-15-19(21)13-20(9-6-10-22-4)12-18-8-5-7-17(3)11-18/h5,7-8,11,16,19,21H,6,9-10,12-15H2,1-4H3/t19-/m1/s1. The van der Waals surface area contributed by atoms with Gasteiger partial charge in [-0.2, -0.15) is 0 Å². The van der Waals surface area contributed by atoms with Crippen LogP contribution in [0, 0.1) is 12.8 Å². The Labute approximate surface area is 141 Å². The summed E-state index contributed by atoms with van der Waals surface area (Å²) in [5.41, 5.74) is 2.54. The van der Waals surface area contributed by atoms with E-state index in [0.717, 1.165) is 26.1 Å². The molecule has 0 heterocycles. The molecule has 1 aromatic carbocycles. The summed E-state index contributed by atoms with van der Waals surface area (Å²) in [6, 6.07) is 8.52. The van der Waals surface area contributed by atoms with E-state index in [-0.39, 0.29) is 0 Å². The Morgan fingerprint density at radius 1 is 1.22 bits per heavy atom. The van der Waals surface area contributed by atoms with Gasteiger partial charge >= 0.3 is 0 Å². The minimum atomic E-state index is -0.457. The van der Waals surface area contributed by atoms with Crippen LogP contribution in [0.25, 0.3) is 0 Å². The number of aryl methyl sites for hydroxylation is 1. The molecule has 0 saturated carbocycles. The molecule has 4 nitrogen and oxygen atoms in total. The molecule has 0 aliphatic rings. The number of hydrogen-bond acceptors (Lipinski definition) is 4. The lowest BCUT2D eigenvalue weighted by Gasteiger charge is -2.25. The van der Waals surface area contributed by atoms with Crippen LogP contribution in [0.3, 0.4) is 0 Å². The molecule has 23 heavy (non-hydrogen) atoms. The van der Waals surface area contributed by atoms with Crippen molar-refractivity contribution in [2.24, 2.45) is 5.92 Å². The third-order valence-corrected chi connectivity index (χ3v) is 3.54. The molecule has 1 N–H and O–H groups in total. The van der Waals surface area contributed by atoms with Crippen molar-refractivity contribution in [2.45, 2.75) is 39.8 Å². The SMILES string of the molecule is COCCCN(Cc1cccc(C)c1)C[C@@H](O)COCC(C)C. The molecule has 1 rings (SSSR count). The Kier molecular flexibility index (Phi) is 10.1. The topological polar surface area (TPSA) is 41.9 Å². The van der Waals surface area contributed by atoms with Gasteiger partial charge < -0.3 is 14.6 Å². The third-order valence-electron chi connectivity index (χ3n) is 3.54. The molecular weight excluding hydrogens is 290 g/mol. The Morgan fingerprint density at radius 2 is 2.00 bits per heavy atom. The second-order valence-electron chi connectivity index (χ2n) is 6.66. The molecule has 4 heteroatoms. The van der Waals surface area contributed by atoms with Gasteiger partial charge in [0.05, 0.1) is 12.7 Å². The summed E-state index contributed by atoms with van der Waals surface area (Å²) in [5, 5.41) is 10.2. The maximum atomic E-state index is 10.2. The van der Waals surface area contributed by atoms with E-state index in [4.69, 9.17) is 9.47 Å². The highest BCUT2D eigenvalue weighted by Gasteiger charge is 2.13. The van der Waals surface area contributed by atoms with Gasteiger partial charge in [-0.1, -0.05) is 43.7 Å². The van der Waals surface area contributed by atoms with Crippen LogP contribution in [0.5, 0.6) is 0 Å². The smallest absolute Gasteiger partial charge is 0.0900 e. The lowest BCUT2D eigenvalue weighted by molar-refractivity contribution is 0.00581. The first-order valence-electron chi connectivity index (χ1n) is 8.54. The van der Waals surface area contributed by atoms with Gasteiger partial charge in [0.1, 0.15) is 0 Å². The molecule has 0 spiro atoms. The zero-order chi connectivity index (χ0) is 17.1. The largest absolute Gasteiger partial charge is 0.389 e. The second-order valence-corrected chi connectivity index (χ2v) is 6.66. The molecule has 0 aliphatic carbocycles. The molecule has 132 valence electrons. The molecule has 1 aromatic rings. The van der Waals surface area contributed by atoms with E-state index >= 15 is 0 Å². The number of nitrogens with zero attached hydrogens (tertiary/aromatic N) is 1. The Hall–Kier alpha value is -0.940. The Bertz CT molecular complexity index is 423. The average molecular weight is 323 g/mol. The predicted molar refractivity (Wildman–Crippen MR) is 94.6 cm³/mol. The van der Waals surface area contributed by atoms with Crippen LogP contribution in [-0.2, 0) is 16.0 Å². The van der Waals surface area contributed by atoms with Crippen molar-refractivity contribution in [3.05, 3.63) is 35.4 Å². The van der Waals surface area contributed by atoms with Gasteiger partial charge in [-0.25, -0.2) is 0 Å². The van der Waals surface area contributed by atoms with Crippen molar-refractivity contribution in [3.8, 4) is 0 Å². The number of aliphatic hydroxyl groups is 1. The van der Waals surface area contributed by atoms with Crippen LogP contribution < -0.4 is 0 Å². The van der Waals surface area contributed by atoms with Crippen LogP contribution in [0.2, 0.25) is 0 Å². The van der Waals surface area contributed by atoms with Crippen molar-refractivity contribution < 1.29 is 14.6 Å². The summed E-state index contributed by atoms with van der Waals surface area (Å²) in [7, 11) is 1.72. The van der Waals surface area contributed by atoms with Crippen molar-refractivity contribution in [3.63, 3.8) is 0 Å². The minimum Gasteiger partial charge on any atom is -0.389 e. The van der Waals surface area contributed by atoms with Crippen LogP contribution in [0.1, 0.15) is 31.4 Å². The van der Waals surface area contributed by atoms with Crippen LogP contribution in [0.15, 0.2) is 24.3 Å². The molecule has 0 aliphatic heterocycles.